The molecule has 0 bridgehead atoms. The van der Waals surface area contributed by atoms with Gasteiger partial charge in [-0.3, -0.25) is 4.99 Å². The molecular weight excluding hydrogens is 364 g/mol. The highest BCUT2D eigenvalue weighted by molar-refractivity contribution is 7.89. The summed E-state index contributed by atoms with van der Waals surface area (Å²) < 4.78 is 31.2. The normalized spacial score (nSPS) is 16.6. The summed E-state index contributed by atoms with van der Waals surface area (Å²) in [6.07, 6.45) is 0.799. The molecule has 0 saturated carbocycles. The number of benzene rings is 1. The Bertz CT molecular complexity index is 676. The molecule has 1 heterocycles. The van der Waals surface area contributed by atoms with Crippen LogP contribution < -0.4 is 10.6 Å². The SMILES string of the molecule is CN=C(NCCc1cccc(Cl)c1)NCCS(=O)(=O)N1CCOCC1. The van der Waals surface area contributed by atoms with Crippen molar-refractivity contribution in [1.82, 2.24) is 14.9 Å². The molecule has 2 N–H and O–H groups in total. The Hall–Kier alpha value is -1.35. The number of sulfonamides is 1. The molecule has 2 rings (SSSR count). The van der Waals surface area contributed by atoms with Gasteiger partial charge in [-0.25, -0.2) is 8.42 Å². The predicted octanol–water partition coefficient (Wildman–Crippen LogP) is 0.710. The van der Waals surface area contributed by atoms with Crippen molar-refractivity contribution in [3.63, 3.8) is 0 Å². The zero-order valence-corrected chi connectivity index (χ0v) is 15.9. The van der Waals surface area contributed by atoms with E-state index in [2.05, 4.69) is 15.6 Å². The van der Waals surface area contributed by atoms with Crippen LogP contribution >= 0.6 is 11.6 Å². The molecule has 7 nitrogen and oxygen atoms in total. The summed E-state index contributed by atoms with van der Waals surface area (Å²) in [5.41, 5.74) is 1.13. The van der Waals surface area contributed by atoms with E-state index in [-0.39, 0.29) is 5.75 Å². The van der Waals surface area contributed by atoms with Crippen molar-refractivity contribution in [3.05, 3.63) is 34.9 Å². The second kappa shape index (κ2) is 9.96. The van der Waals surface area contributed by atoms with Crippen LogP contribution in [0.4, 0.5) is 0 Å². The zero-order chi connectivity index (χ0) is 18.1. The lowest BCUT2D eigenvalue weighted by Gasteiger charge is -2.26. The minimum Gasteiger partial charge on any atom is -0.379 e. The van der Waals surface area contributed by atoms with Crippen LogP contribution in [-0.4, -0.2) is 70.9 Å². The maximum atomic E-state index is 12.2. The molecule has 0 atom stereocenters. The molecule has 0 unspecified atom stereocenters. The summed E-state index contributed by atoms with van der Waals surface area (Å²) in [6.45, 7) is 2.75. The number of nitrogens with zero attached hydrogens (tertiary/aromatic N) is 2. The molecule has 1 aliphatic rings. The summed E-state index contributed by atoms with van der Waals surface area (Å²) >= 11 is 5.96. The Labute approximate surface area is 154 Å². The summed E-state index contributed by atoms with van der Waals surface area (Å²) in [6, 6.07) is 7.70. The van der Waals surface area contributed by atoms with Gasteiger partial charge in [0.25, 0.3) is 0 Å². The van der Waals surface area contributed by atoms with Crippen LogP contribution in [0.1, 0.15) is 5.56 Å². The van der Waals surface area contributed by atoms with Crippen molar-refractivity contribution in [2.24, 2.45) is 4.99 Å². The first-order valence-electron chi connectivity index (χ1n) is 8.26. The number of halogens is 1. The van der Waals surface area contributed by atoms with Gasteiger partial charge in [0.1, 0.15) is 0 Å². The third-order valence-electron chi connectivity index (χ3n) is 3.83. The van der Waals surface area contributed by atoms with Gasteiger partial charge in [-0.2, -0.15) is 4.31 Å². The van der Waals surface area contributed by atoms with E-state index in [1.54, 1.807) is 7.05 Å². The summed E-state index contributed by atoms with van der Waals surface area (Å²) in [4.78, 5) is 4.11. The van der Waals surface area contributed by atoms with Crippen molar-refractivity contribution < 1.29 is 13.2 Å². The summed E-state index contributed by atoms with van der Waals surface area (Å²) in [7, 11) is -1.60. The maximum Gasteiger partial charge on any atom is 0.215 e. The first-order chi connectivity index (χ1) is 12.0. The molecule has 1 aromatic carbocycles. The molecule has 25 heavy (non-hydrogen) atoms. The van der Waals surface area contributed by atoms with Gasteiger partial charge in [-0.15, -0.1) is 0 Å². The molecule has 0 amide bonds. The number of ether oxygens (including phenoxy) is 1. The van der Waals surface area contributed by atoms with Gasteiger partial charge in [0.2, 0.25) is 10.0 Å². The smallest absolute Gasteiger partial charge is 0.215 e. The van der Waals surface area contributed by atoms with Gasteiger partial charge in [-0.05, 0) is 24.1 Å². The monoisotopic (exact) mass is 388 g/mol. The number of hydrogen-bond donors (Lipinski definition) is 2. The third-order valence-corrected chi connectivity index (χ3v) is 5.94. The van der Waals surface area contributed by atoms with E-state index in [0.717, 1.165) is 12.0 Å². The Morgan fingerprint density at radius 1 is 1.28 bits per heavy atom. The van der Waals surface area contributed by atoms with Crippen LogP contribution in [0, 0.1) is 0 Å². The van der Waals surface area contributed by atoms with E-state index >= 15 is 0 Å². The Kier molecular flexibility index (Phi) is 7.95. The fraction of sp³-hybridized carbons (Fsp3) is 0.562. The van der Waals surface area contributed by atoms with Crippen LogP contribution in [0.2, 0.25) is 5.02 Å². The lowest BCUT2D eigenvalue weighted by atomic mass is 10.1. The van der Waals surface area contributed by atoms with E-state index < -0.39 is 10.0 Å². The van der Waals surface area contributed by atoms with Gasteiger partial charge in [0, 0.05) is 38.2 Å². The fourth-order valence-corrected chi connectivity index (χ4v) is 4.03. The number of aliphatic imine (C=N–C) groups is 1. The molecule has 140 valence electrons. The maximum absolute atomic E-state index is 12.2. The van der Waals surface area contributed by atoms with Crippen molar-refractivity contribution in [2.75, 3.05) is 52.2 Å². The minimum absolute atomic E-state index is 0.0298. The third kappa shape index (κ3) is 6.81. The summed E-state index contributed by atoms with van der Waals surface area (Å²) in [5.74, 6) is 0.612. The van der Waals surface area contributed by atoms with Crippen molar-refractivity contribution in [2.45, 2.75) is 6.42 Å². The van der Waals surface area contributed by atoms with E-state index in [0.29, 0.717) is 50.4 Å². The van der Waals surface area contributed by atoms with Crippen LogP contribution in [-0.2, 0) is 21.2 Å². The molecule has 9 heteroatoms. The van der Waals surface area contributed by atoms with E-state index in [4.69, 9.17) is 16.3 Å². The fourth-order valence-electron chi connectivity index (χ4n) is 2.49. The molecular formula is C16H25ClN4O3S. The van der Waals surface area contributed by atoms with Crippen LogP contribution in [0.5, 0.6) is 0 Å². The van der Waals surface area contributed by atoms with E-state index in [1.807, 2.05) is 24.3 Å². The van der Waals surface area contributed by atoms with Gasteiger partial charge in [-0.1, -0.05) is 23.7 Å². The lowest BCUT2D eigenvalue weighted by molar-refractivity contribution is 0.0730. The Morgan fingerprint density at radius 2 is 2.00 bits per heavy atom. The van der Waals surface area contributed by atoms with Gasteiger partial charge in [0.15, 0.2) is 5.96 Å². The topological polar surface area (TPSA) is 83.0 Å². The largest absolute Gasteiger partial charge is 0.379 e. The number of rotatable bonds is 7. The van der Waals surface area contributed by atoms with Crippen molar-refractivity contribution >= 4 is 27.6 Å². The lowest BCUT2D eigenvalue weighted by Crippen LogP contribution is -2.45. The second-order valence-electron chi connectivity index (χ2n) is 5.63. The summed E-state index contributed by atoms with van der Waals surface area (Å²) in [5, 5.41) is 6.92. The van der Waals surface area contributed by atoms with Crippen molar-refractivity contribution in [3.8, 4) is 0 Å². The van der Waals surface area contributed by atoms with Crippen LogP contribution in [0.3, 0.4) is 0 Å². The predicted molar refractivity (Wildman–Crippen MR) is 101 cm³/mol. The first-order valence-corrected chi connectivity index (χ1v) is 10.2. The Balaban J connectivity index is 1.71. The second-order valence-corrected chi connectivity index (χ2v) is 8.16. The molecule has 1 aromatic rings. The highest BCUT2D eigenvalue weighted by Gasteiger charge is 2.23. The number of guanidine groups is 1. The van der Waals surface area contributed by atoms with Gasteiger partial charge >= 0.3 is 0 Å². The van der Waals surface area contributed by atoms with Crippen molar-refractivity contribution in [1.29, 1.82) is 0 Å². The molecule has 0 aliphatic carbocycles. The highest BCUT2D eigenvalue weighted by atomic mass is 35.5. The van der Waals surface area contributed by atoms with Crippen LogP contribution in [0.15, 0.2) is 29.3 Å². The zero-order valence-electron chi connectivity index (χ0n) is 14.4. The number of morpholine rings is 1. The minimum atomic E-state index is -3.26. The quantitative estimate of drug-likeness (QED) is 0.531. The first kappa shape index (κ1) is 20.0. The standard InChI is InChI=1S/C16H25ClN4O3S/c1-18-16(19-6-5-14-3-2-4-15(17)13-14)20-7-12-25(22,23)21-8-10-24-11-9-21/h2-4,13H,5-12H2,1H3,(H2,18,19,20). The van der Waals surface area contributed by atoms with E-state index in [1.165, 1.54) is 4.31 Å². The molecule has 1 fully saturated rings. The van der Waals surface area contributed by atoms with E-state index in [9.17, 15) is 8.42 Å². The molecule has 1 saturated heterocycles. The average molecular weight is 389 g/mol. The molecule has 1 aliphatic heterocycles. The van der Waals surface area contributed by atoms with Gasteiger partial charge in [0.05, 0.1) is 19.0 Å². The molecule has 0 radical (unpaired) electrons. The van der Waals surface area contributed by atoms with Crippen LogP contribution in [0.25, 0.3) is 0 Å². The Morgan fingerprint density at radius 3 is 2.68 bits per heavy atom. The average Bonchev–Trinajstić information content (AvgIpc) is 2.61. The van der Waals surface area contributed by atoms with Gasteiger partial charge < -0.3 is 15.4 Å². The number of nitrogens with one attached hydrogen (secondary N) is 2. The molecule has 0 spiro atoms. The molecule has 0 aromatic heterocycles. The number of hydrogen-bond acceptors (Lipinski definition) is 4. The highest BCUT2D eigenvalue weighted by Crippen LogP contribution is 2.10.